The van der Waals surface area contributed by atoms with Crippen molar-refractivity contribution >= 4 is 11.6 Å². The second-order valence-corrected chi connectivity index (χ2v) is 4.55. The van der Waals surface area contributed by atoms with E-state index in [1.54, 1.807) is 0 Å². The molecule has 0 radical (unpaired) electrons. The molecular formula is C10H19ClN2. The first-order chi connectivity index (χ1) is 6.40. The molecule has 0 amide bonds. The third-order valence-electron chi connectivity index (χ3n) is 3.32. The van der Waals surface area contributed by atoms with Crippen LogP contribution in [0.2, 0.25) is 0 Å². The van der Waals surface area contributed by atoms with Crippen LogP contribution in [0.4, 0.5) is 0 Å². The smallest absolute Gasteiger partial charge is 0.0351 e. The van der Waals surface area contributed by atoms with E-state index in [4.69, 9.17) is 11.6 Å². The minimum atomic E-state index is 0.784. The van der Waals surface area contributed by atoms with E-state index >= 15 is 0 Å². The third kappa shape index (κ3) is 2.36. The second kappa shape index (κ2) is 4.63. The highest BCUT2D eigenvalue weighted by Crippen LogP contribution is 2.20. The van der Waals surface area contributed by atoms with Crippen molar-refractivity contribution in [2.75, 3.05) is 38.6 Å². The molecule has 1 atom stereocenters. The van der Waals surface area contributed by atoms with Crippen LogP contribution >= 0.6 is 11.6 Å². The summed E-state index contributed by atoms with van der Waals surface area (Å²) in [4.78, 5) is 5.17. The lowest BCUT2D eigenvalue weighted by atomic mass is 10.00. The van der Waals surface area contributed by atoms with Gasteiger partial charge >= 0.3 is 0 Å². The summed E-state index contributed by atoms with van der Waals surface area (Å²) < 4.78 is 0. The van der Waals surface area contributed by atoms with Crippen molar-refractivity contribution in [1.29, 1.82) is 0 Å². The average molecular weight is 203 g/mol. The summed E-state index contributed by atoms with van der Waals surface area (Å²) in [6, 6.07) is 0.839. The molecular weight excluding hydrogens is 184 g/mol. The zero-order valence-corrected chi connectivity index (χ0v) is 8.97. The Balaban J connectivity index is 1.84. The van der Waals surface area contributed by atoms with Crippen LogP contribution in [0.1, 0.15) is 19.3 Å². The van der Waals surface area contributed by atoms with Gasteiger partial charge in [-0.25, -0.2) is 0 Å². The molecule has 0 bridgehead atoms. The van der Waals surface area contributed by atoms with Gasteiger partial charge in [0, 0.05) is 38.1 Å². The van der Waals surface area contributed by atoms with Crippen LogP contribution < -0.4 is 0 Å². The fourth-order valence-electron chi connectivity index (χ4n) is 2.54. The van der Waals surface area contributed by atoms with E-state index in [2.05, 4.69) is 9.80 Å². The molecule has 76 valence electrons. The normalized spacial score (nSPS) is 31.6. The highest BCUT2D eigenvalue weighted by atomic mass is 35.5. The molecule has 0 aromatic rings. The van der Waals surface area contributed by atoms with Crippen molar-refractivity contribution in [1.82, 2.24) is 9.80 Å². The van der Waals surface area contributed by atoms with E-state index in [1.807, 2.05) is 0 Å². The molecule has 13 heavy (non-hydrogen) atoms. The fraction of sp³-hybridized carbons (Fsp3) is 1.00. The first kappa shape index (κ1) is 9.75. The number of hydrogen-bond acceptors (Lipinski definition) is 2. The lowest BCUT2D eigenvalue weighted by Gasteiger charge is -2.43. The molecule has 2 fully saturated rings. The zero-order valence-electron chi connectivity index (χ0n) is 8.21. The van der Waals surface area contributed by atoms with E-state index in [9.17, 15) is 0 Å². The Morgan fingerprint density at radius 2 is 2.08 bits per heavy atom. The number of piperazine rings is 1. The zero-order chi connectivity index (χ0) is 9.10. The van der Waals surface area contributed by atoms with Gasteiger partial charge in [0.2, 0.25) is 0 Å². The summed E-state index contributed by atoms with van der Waals surface area (Å²) >= 11 is 5.75. The van der Waals surface area contributed by atoms with Crippen molar-refractivity contribution < 1.29 is 0 Å². The molecule has 0 N–H and O–H groups in total. The van der Waals surface area contributed by atoms with E-state index in [1.165, 1.54) is 45.4 Å². The summed E-state index contributed by atoms with van der Waals surface area (Å²) in [7, 11) is 0. The highest BCUT2D eigenvalue weighted by Gasteiger charge is 2.28. The molecule has 2 heterocycles. The number of halogens is 1. The largest absolute Gasteiger partial charge is 0.299 e. The van der Waals surface area contributed by atoms with Gasteiger partial charge in [-0.2, -0.15) is 0 Å². The van der Waals surface area contributed by atoms with Crippen molar-refractivity contribution in [2.45, 2.75) is 25.3 Å². The molecule has 2 saturated heterocycles. The Hall–Kier alpha value is 0.210. The lowest BCUT2D eigenvalue weighted by molar-refractivity contribution is 0.0525. The summed E-state index contributed by atoms with van der Waals surface area (Å²) in [5.74, 6) is 0.784. The van der Waals surface area contributed by atoms with Crippen molar-refractivity contribution in [3.8, 4) is 0 Å². The van der Waals surface area contributed by atoms with Crippen LogP contribution in [0, 0.1) is 0 Å². The lowest BCUT2D eigenvalue weighted by Crippen LogP contribution is -2.54. The summed E-state index contributed by atoms with van der Waals surface area (Å²) in [5.41, 5.74) is 0. The number of hydrogen-bond donors (Lipinski definition) is 0. The van der Waals surface area contributed by atoms with Gasteiger partial charge in [0.15, 0.2) is 0 Å². The molecule has 1 unspecified atom stereocenters. The maximum absolute atomic E-state index is 5.75. The number of piperidine rings is 1. The Kier molecular flexibility index (Phi) is 3.47. The molecule has 3 heteroatoms. The maximum Gasteiger partial charge on any atom is 0.0351 e. The molecule has 2 aliphatic heterocycles. The number of fused-ring (bicyclic) bond motifs is 1. The molecule has 0 aromatic carbocycles. The predicted octanol–water partition coefficient (Wildman–Crippen LogP) is 1.40. The van der Waals surface area contributed by atoms with Gasteiger partial charge in [-0.15, -0.1) is 11.6 Å². The van der Waals surface area contributed by atoms with Crippen LogP contribution in [0.5, 0.6) is 0 Å². The van der Waals surface area contributed by atoms with Gasteiger partial charge in [-0.1, -0.05) is 6.42 Å². The molecule has 0 spiro atoms. The van der Waals surface area contributed by atoms with Crippen LogP contribution in [0.15, 0.2) is 0 Å². The molecule has 0 saturated carbocycles. The van der Waals surface area contributed by atoms with Gasteiger partial charge in [0.25, 0.3) is 0 Å². The summed E-state index contributed by atoms with van der Waals surface area (Å²) in [6.07, 6.45) is 4.24. The highest BCUT2D eigenvalue weighted by molar-refractivity contribution is 6.18. The minimum absolute atomic E-state index is 0.784. The third-order valence-corrected chi connectivity index (χ3v) is 3.49. The van der Waals surface area contributed by atoms with Crippen LogP contribution in [0.25, 0.3) is 0 Å². The monoisotopic (exact) mass is 202 g/mol. The molecule has 0 aromatic heterocycles. The Morgan fingerprint density at radius 3 is 2.92 bits per heavy atom. The van der Waals surface area contributed by atoms with E-state index in [0.717, 1.165) is 18.5 Å². The molecule has 2 nitrogen and oxygen atoms in total. The quantitative estimate of drug-likeness (QED) is 0.625. The fourth-order valence-corrected chi connectivity index (χ4v) is 2.78. The first-order valence-electron chi connectivity index (χ1n) is 5.42. The maximum atomic E-state index is 5.75. The van der Waals surface area contributed by atoms with E-state index in [-0.39, 0.29) is 0 Å². The van der Waals surface area contributed by atoms with Crippen molar-refractivity contribution in [3.05, 3.63) is 0 Å². The topological polar surface area (TPSA) is 6.48 Å². The molecule has 2 aliphatic rings. The van der Waals surface area contributed by atoms with Crippen LogP contribution in [-0.4, -0.2) is 54.4 Å². The van der Waals surface area contributed by atoms with Crippen molar-refractivity contribution in [3.63, 3.8) is 0 Å². The van der Waals surface area contributed by atoms with E-state index < -0.39 is 0 Å². The van der Waals surface area contributed by atoms with Crippen molar-refractivity contribution in [2.24, 2.45) is 0 Å². The summed E-state index contributed by atoms with van der Waals surface area (Å²) in [6.45, 7) is 6.16. The van der Waals surface area contributed by atoms with Gasteiger partial charge in [-0.05, 0) is 19.4 Å². The Morgan fingerprint density at radius 1 is 1.15 bits per heavy atom. The van der Waals surface area contributed by atoms with Gasteiger partial charge in [0.05, 0.1) is 0 Å². The number of alkyl halides is 1. The first-order valence-corrected chi connectivity index (χ1v) is 5.96. The SMILES string of the molecule is ClCCN1CCN2CCCCC2C1. The standard InChI is InChI=1S/C10H19ClN2/c11-4-6-12-7-8-13-5-2-1-3-10(13)9-12/h10H,1-9H2. The van der Waals surface area contributed by atoms with Crippen LogP contribution in [-0.2, 0) is 0 Å². The number of nitrogens with zero attached hydrogens (tertiary/aromatic N) is 2. The van der Waals surface area contributed by atoms with Gasteiger partial charge < -0.3 is 0 Å². The Bertz CT molecular complexity index is 163. The predicted molar refractivity (Wildman–Crippen MR) is 56.4 cm³/mol. The molecule has 2 rings (SSSR count). The summed E-state index contributed by atoms with van der Waals surface area (Å²) in [5, 5.41) is 0. The number of rotatable bonds is 2. The minimum Gasteiger partial charge on any atom is -0.299 e. The molecule has 0 aliphatic carbocycles. The van der Waals surface area contributed by atoms with E-state index in [0.29, 0.717) is 0 Å². The van der Waals surface area contributed by atoms with Gasteiger partial charge in [-0.3, -0.25) is 9.80 Å². The second-order valence-electron chi connectivity index (χ2n) is 4.18. The average Bonchev–Trinajstić information content (AvgIpc) is 2.18. The van der Waals surface area contributed by atoms with Gasteiger partial charge in [0.1, 0.15) is 0 Å². The van der Waals surface area contributed by atoms with Crippen LogP contribution in [0.3, 0.4) is 0 Å². The Labute approximate surface area is 85.8 Å².